The number of hydrogen-bond donors (Lipinski definition) is 0. The van der Waals surface area contributed by atoms with Crippen molar-refractivity contribution < 1.29 is 17.6 Å². The van der Waals surface area contributed by atoms with Gasteiger partial charge in [-0.05, 0) is 29.8 Å². The number of halogens is 5. The Morgan fingerprint density at radius 2 is 1.71 bits per heavy atom. The summed E-state index contributed by atoms with van der Waals surface area (Å²) in [7, 11) is 0. The smallest absolute Gasteiger partial charge is 0.266 e. The van der Waals surface area contributed by atoms with Gasteiger partial charge in [0.1, 0.15) is 11.6 Å². The minimum atomic E-state index is -4.58. The van der Waals surface area contributed by atoms with Gasteiger partial charge < -0.3 is 0 Å². The fourth-order valence-corrected chi connectivity index (χ4v) is 2.03. The van der Waals surface area contributed by atoms with Gasteiger partial charge in [-0.15, -0.1) is 10.2 Å². The summed E-state index contributed by atoms with van der Waals surface area (Å²) < 4.78 is 53.4. The van der Waals surface area contributed by atoms with Crippen LogP contribution in [-0.2, 0) is 11.6 Å². The molecule has 0 amide bonds. The van der Waals surface area contributed by atoms with Crippen LogP contribution < -0.4 is 0 Å². The Morgan fingerprint density at radius 3 is 2.24 bits per heavy atom. The minimum absolute atomic E-state index is 0.196. The Balaban J connectivity index is 2.71. The van der Waals surface area contributed by atoms with Crippen molar-refractivity contribution in [2.75, 3.05) is 0 Å². The first-order valence-corrected chi connectivity index (χ1v) is 6.38. The highest BCUT2D eigenvalue weighted by Gasteiger charge is 2.32. The molecule has 1 aromatic carbocycles. The molecular formula is C13H12ClF4N3. The van der Waals surface area contributed by atoms with Gasteiger partial charge in [0.15, 0.2) is 0 Å². The van der Waals surface area contributed by atoms with Crippen LogP contribution >= 0.6 is 11.6 Å². The standard InChI is InChI=1S/C13H12ClF4N3/c1-12(2,3)10-19-20-11(14)21(10)9-6-7(13(16,17)18)4-5-8(9)15/h4-6H,1-3H3. The molecule has 114 valence electrons. The summed E-state index contributed by atoms with van der Waals surface area (Å²) >= 11 is 5.87. The fourth-order valence-electron chi connectivity index (χ4n) is 1.82. The molecule has 1 heterocycles. The Morgan fingerprint density at radius 1 is 1.10 bits per heavy atom. The molecule has 1 aromatic heterocycles. The zero-order valence-corrected chi connectivity index (χ0v) is 12.2. The summed E-state index contributed by atoms with van der Waals surface area (Å²) in [5, 5.41) is 7.26. The minimum Gasteiger partial charge on any atom is -0.266 e. The topological polar surface area (TPSA) is 30.7 Å². The summed E-state index contributed by atoms with van der Waals surface area (Å²) in [4.78, 5) is 0. The molecule has 0 atom stereocenters. The SMILES string of the molecule is CC(C)(C)c1nnc(Cl)n1-c1cc(C(F)(F)F)ccc1F. The van der Waals surface area contributed by atoms with E-state index in [0.717, 1.165) is 10.6 Å². The normalized spacial score (nSPS) is 12.8. The molecule has 0 N–H and O–H groups in total. The molecule has 0 unspecified atom stereocenters. The lowest BCUT2D eigenvalue weighted by molar-refractivity contribution is -0.137. The van der Waals surface area contributed by atoms with Crippen molar-refractivity contribution in [1.29, 1.82) is 0 Å². The quantitative estimate of drug-likeness (QED) is 0.730. The molecule has 2 rings (SSSR count). The van der Waals surface area contributed by atoms with E-state index in [1.54, 1.807) is 20.8 Å². The molecule has 0 saturated carbocycles. The van der Waals surface area contributed by atoms with Crippen molar-refractivity contribution in [1.82, 2.24) is 14.8 Å². The van der Waals surface area contributed by atoms with Crippen LogP contribution in [0.5, 0.6) is 0 Å². The van der Waals surface area contributed by atoms with Crippen molar-refractivity contribution >= 4 is 11.6 Å². The van der Waals surface area contributed by atoms with Gasteiger partial charge in [0.2, 0.25) is 5.28 Å². The number of benzene rings is 1. The summed E-state index contributed by atoms with van der Waals surface area (Å²) in [6, 6.07) is 2.12. The van der Waals surface area contributed by atoms with Crippen LogP contribution in [0.4, 0.5) is 17.6 Å². The van der Waals surface area contributed by atoms with E-state index in [1.165, 1.54) is 0 Å². The molecule has 0 radical (unpaired) electrons. The Kier molecular flexibility index (Phi) is 3.73. The summed E-state index contributed by atoms with van der Waals surface area (Å²) in [5.74, 6) is -0.569. The van der Waals surface area contributed by atoms with Crippen LogP contribution in [0, 0.1) is 5.82 Å². The lowest BCUT2D eigenvalue weighted by Crippen LogP contribution is -2.19. The predicted molar refractivity (Wildman–Crippen MR) is 70.0 cm³/mol. The molecule has 0 aliphatic carbocycles. The Labute approximate surface area is 123 Å². The predicted octanol–water partition coefficient (Wildman–Crippen LogP) is 4.38. The maximum atomic E-state index is 14.0. The largest absolute Gasteiger partial charge is 0.416 e. The first-order chi connectivity index (χ1) is 9.51. The second-order valence-electron chi connectivity index (χ2n) is 5.54. The third-order valence-electron chi connectivity index (χ3n) is 2.81. The van der Waals surface area contributed by atoms with Gasteiger partial charge in [0.25, 0.3) is 0 Å². The van der Waals surface area contributed by atoms with Gasteiger partial charge in [0.05, 0.1) is 11.3 Å². The highest BCUT2D eigenvalue weighted by Crippen LogP contribution is 2.33. The van der Waals surface area contributed by atoms with Crippen LogP contribution in [-0.4, -0.2) is 14.8 Å². The summed E-state index contributed by atoms with van der Waals surface area (Å²) in [5.41, 5.74) is -1.87. The molecule has 21 heavy (non-hydrogen) atoms. The molecule has 0 bridgehead atoms. The highest BCUT2D eigenvalue weighted by atomic mass is 35.5. The van der Waals surface area contributed by atoms with Crippen LogP contribution in [0.25, 0.3) is 5.69 Å². The van der Waals surface area contributed by atoms with Gasteiger partial charge in [-0.1, -0.05) is 20.8 Å². The van der Waals surface area contributed by atoms with E-state index in [-0.39, 0.29) is 16.8 Å². The number of rotatable bonds is 1. The maximum absolute atomic E-state index is 14.0. The van der Waals surface area contributed by atoms with Crippen molar-refractivity contribution in [2.45, 2.75) is 32.4 Å². The Bertz CT molecular complexity index is 671. The fraction of sp³-hybridized carbons (Fsp3) is 0.385. The van der Waals surface area contributed by atoms with Crippen molar-refractivity contribution in [3.63, 3.8) is 0 Å². The van der Waals surface area contributed by atoms with Gasteiger partial charge in [0, 0.05) is 5.41 Å². The first-order valence-electron chi connectivity index (χ1n) is 6.00. The first kappa shape index (κ1) is 15.8. The van der Waals surface area contributed by atoms with Crippen LogP contribution in [0.15, 0.2) is 18.2 Å². The third kappa shape index (κ3) is 3.02. The molecule has 0 saturated heterocycles. The third-order valence-corrected chi connectivity index (χ3v) is 3.05. The van der Waals surface area contributed by atoms with E-state index in [1.807, 2.05) is 0 Å². The second-order valence-corrected chi connectivity index (χ2v) is 5.88. The number of nitrogens with zero attached hydrogens (tertiary/aromatic N) is 3. The zero-order valence-electron chi connectivity index (χ0n) is 11.5. The Hall–Kier alpha value is -1.63. The van der Waals surface area contributed by atoms with Gasteiger partial charge in [-0.3, -0.25) is 4.57 Å². The molecule has 0 aliphatic rings. The lowest BCUT2D eigenvalue weighted by atomic mass is 9.95. The number of aromatic nitrogens is 3. The zero-order chi connectivity index (χ0) is 16.0. The van der Waals surface area contributed by atoms with E-state index in [0.29, 0.717) is 12.1 Å². The molecule has 0 spiro atoms. The molecule has 2 aromatic rings. The number of hydrogen-bond acceptors (Lipinski definition) is 2. The molecule has 0 fully saturated rings. The van der Waals surface area contributed by atoms with E-state index in [4.69, 9.17) is 11.6 Å². The second kappa shape index (κ2) is 4.98. The van der Waals surface area contributed by atoms with Crippen molar-refractivity contribution in [3.8, 4) is 5.69 Å². The van der Waals surface area contributed by atoms with Crippen molar-refractivity contribution in [2.24, 2.45) is 0 Å². The molecular weight excluding hydrogens is 310 g/mol. The molecule has 8 heteroatoms. The maximum Gasteiger partial charge on any atom is 0.416 e. The highest BCUT2D eigenvalue weighted by molar-refractivity contribution is 6.28. The van der Waals surface area contributed by atoms with Gasteiger partial charge in [-0.25, -0.2) is 4.39 Å². The molecule has 3 nitrogen and oxygen atoms in total. The van der Waals surface area contributed by atoms with E-state index in [9.17, 15) is 17.6 Å². The van der Waals surface area contributed by atoms with Crippen molar-refractivity contribution in [3.05, 3.63) is 40.7 Å². The van der Waals surface area contributed by atoms with Crippen LogP contribution in [0.2, 0.25) is 5.28 Å². The summed E-state index contributed by atoms with van der Waals surface area (Å²) in [6.45, 7) is 5.32. The summed E-state index contributed by atoms with van der Waals surface area (Å²) in [6.07, 6.45) is -4.58. The van der Waals surface area contributed by atoms with E-state index in [2.05, 4.69) is 10.2 Å². The van der Waals surface area contributed by atoms with Gasteiger partial charge >= 0.3 is 6.18 Å². The van der Waals surface area contributed by atoms with Crippen LogP contribution in [0.3, 0.4) is 0 Å². The molecule has 0 aliphatic heterocycles. The van der Waals surface area contributed by atoms with E-state index >= 15 is 0 Å². The van der Waals surface area contributed by atoms with Gasteiger partial charge in [-0.2, -0.15) is 13.2 Å². The lowest BCUT2D eigenvalue weighted by Gasteiger charge is -2.20. The van der Waals surface area contributed by atoms with E-state index < -0.39 is 23.0 Å². The number of alkyl halides is 3. The monoisotopic (exact) mass is 321 g/mol. The average Bonchev–Trinajstić information content (AvgIpc) is 2.70. The average molecular weight is 322 g/mol. The van der Waals surface area contributed by atoms with Crippen LogP contribution in [0.1, 0.15) is 32.2 Å².